The van der Waals surface area contributed by atoms with Gasteiger partial charge in [0.2, 0.25) is 5.91 Å². The van der Waals surface area contributed by atoms with Gasteiger partial charge < -0.3 is 14.8 Å². The lowest BCUT2D eigenvalue weighted by Gasteiger charge is -2.31. The monoisotopic (exact) mass is 444 g/mol. The predicted octanol–water partition coefficient (Wildman–Crippen LogP) is 3.76. The normalized spacial score (nSPS) is 14.7. The lowest BCUT2D eigenvalue weighted by molar-refractivity contribution is -0.121. The third-order valence-electron chi connectivity index (χ3n) is 5.36. The molecule has 7 nitrogen and oxygen atoms in total. The van der Waals surface area contributed by atoms with Crippen LogP contribution in [0.3, 0.4) is 0 Å². The maximum absolute atomic E-state index is 12.9. The lowest BCUT2D eigenvalue weighted by atomic mass is 9.95. The number of hydrogen-bond acceptors (Lipinski definition) is 6. The zero-order chi connectivity index (χ0) is 22.4. The Balaban J connectivity index is 1.65. The second-order valence-electron chi connectivity index (χ2n) is 7.41. The average molecular weight is 445 g/mol. The molecule has 1 heterocycles. The van der Waals surface area contributed by atoms with Crippen molar-refractivity contribution in [1.29, 1.82) is 0 Å². The summed E-state index contributed by atoms with van der Waals surface area (Å²) < 4.78 is 9.51. The number of carbonyl (C=O) groups excluding carboxylic acids is 3. The van der Waals surface area contributed by atoms with E-state index < -0.39 is 11.9 Å². The number of rotatable bonds is 6. The summed E-state index contributed by atoms with van der Waals surface area (Å²) in [5, 5.41) is 3.51. The highest BCUT2D eigenvalue weighted by atomic mass is 35.5. The number of benzene rings is 2. The topological polar surface area (TPSA) is 84.9 Å². The Labute approximate surface area is 186 Å². The molecule has 1 N–H and O–H groups in total. The molecule has 1 fully saturated rings. The smallest absolute Gasteiger partial charge is 0.339 e. The van der Waals surface area contributed by atoms with Crippen LogP contribution >= 0.6 is 11.6 Å². The van der Waals surface area contributed by atoms with E-state index in [0.717, 1.165) is 25.2 Å². The Morgan fingerprint density at radius 2 is 1.74 bits per heavy atom. The first-order valence-electron chi connectivity index (χ1n) is 9.99. The van der Waals surface area contributed by atoms with Crippen LogP contribution in [-0.2, 0) is 20.8 Å². The van der Waals surface area contributed by atoms with E-state index in [0.29, 0.717) is 17.9 Å². The van der Waals surface area contributed by atoms with E-state index in [4.69, 9.17) is 21.1 Å². The molecule has 2 aromatic carbocycles. The van der Waals surface area contributed by atoms with Crippen LogP contribution in [0.5, 0.6) is 0 Å². The Morgan fingerprint density at radius 1 is 1.03 bits per heavy atom. The Morgan fingerprint density at radius 3 is 2.39 bits per heavy atom. The van der Waals surface area contributed by atoms with E-state index >= 15 is 0 Å². The van der Waals surface area contributed by atoms with Crippen molar-refractivity contribution in [2.24, 2.45) is 5.92 Å². The van der Waals surface area contributed by atoms with Crippen LogP contribution in [-0.4, -0.2) is 50.1 Å². The van der Waals surface area contributed by atoms with E-state index in [1.165, 1.54) is 32.4 Å². The summed E-state index contributed by atoms with van der Waals surface area (Å²) in [5.74, 6) is -1.53. The Bertz CT molecular complexity index is 970. The van der Waals surface area contributed by atoms with Gasteiger partial charge in [-0.05, 0) is 61.8 Å². The molecule has 0 radical (unpaired) electrons. The number of likely N-dealkylation sites (tertiary alicyclic amines) is 1. The van der Waals surface area contributed by atoms with Gasteiger partial charge in [0.25, 0.3) is 0 Å². The van der Waals surface area contributed by atoms with Gasteiger partial charge in [-0.1, -0.05) is 23.7 Å². The highest BCUT2D eigenvalue weighted by molar-refractivity contribution is 6.30. The van der Waals surface area contributed by atoms with Gasteiger partial charge in [-0.2, -0.15) is 0 Å². The molecule has 31 heavy (non-hydrogen) atoms. The second kappa shape index (κ2) is 10.4. The van der Waals surface area contributed by atoms with E-state index in [1.54, 1.807) is 0 Å². The molecule has 1 saturated heterocycles. The molecule has 1 aliphatic heterocycles. The first kappa shape index (κ1) is 22.8. The number of hydrogen-bond donors (Lipinski definition) is 1. The van der Waals surface area contributed by atoms with Gasteiger partial charge in [-0.3, -0.25) is 9.69 Å². The van der Waals surface area contributed by atoms with Crippen molar-refractivity contribution < 1.29 is 23.9 Å². The quantitative estimate of drug-likeness (QED) is 0.683. The number of ether oxygens (including phenoxy) is 2. The van der Waals surface area contributed by atoms with Crippen molar-refractivity contribution in [1.82, 2.24) is 4.90 Å². The summed E-state index contributed by atoms with van der Waals surface area (Å²) in [4.78, 5) is 39.1. The van der Waals surface area contributed by atoms with E-state index in [1.807, 2.05) is 24.3 Å². The van der Waals surface area contributed by atoms with Gasteiger partial charge in [0.05, 0.1) is 31.0 Å². The Hall–Kier alpha value is -2.90. The fourth-order valence-corrected chi connectivity index (χ4v) is 3.87. The fourth-order valence-electron chi connectivity index (χ4n) is 3.66. The molecular weight excluding hydrogens is 420 g/mol. The SMILES string of the molecule is COC(=O)c1ccc(C(=O)OC)c(NC(=O)C2CCN(Cc3cccc(Cl)c3)CC2)c1. The minimum Gasteiger partial charge on any atom is -0.465 e. The minimum absolute atomic E-state index is 0.182. The number of nitrogens with one attached hydrogen (secondary N) is 1. The molecule has 8 heteroatoms. The summed E-state index contributed by atoms with van der Waals surface area (Å²) in [7, 11) is 2.53. The summed E-state index contributed by atoms with van der Waals surface area (Å²) in [5.41, 5.74) is 1.79. The van der Waals surface area contributed by atoms with Crippen molar-refractivity contribution in [3.63, 3.8) is 0 Å². The molecular formula is C23H25ClN2O5. The summed E-state index contributed by atoms with van der Waals surface area (Å²) >= 11 is 6.06. The maximum Gasteiger partial charge on any atom is 0.339 e. The van der Waals surface area contributed by atoms with Crippen LogP contribution in [0.15, 0.2) is 42.5 Å². The van der Waals surface area contributed by atoms with Crippen LogP contribution in [0.25, 0.3) is 0 Å². The van der Waals surface area contributed by atoms with Crippen LogP contribution < -0.4 is 5.32 Å². The van der Waals surface area contributed by atoms with Gasteiger partial charge in [0.1, 0.15) is 0 Å². The largest absolute Gasteiger partial charge is 0.465 e. The molecule has 1 aliphatic rings. The molecule has 0 atom stereocenters. The Kier molecular flexibility index (Phi) is 7.65. The van der Waals surface area contributed by atoms with E-state index in [2.05, 4.69) is 10.2 Å². The second-order valence-corrected chi connectivity index (χ2v) is 7.85. The van der Waals surface area contributed by atoms with Crippen LogP contribution in [0.2, 0.25) is 5.02 Å². The van der Waals surface area contributed by atoms with Crippen LogP contribution in [0, 0.1) is 5.92 Å². The first-order chi connectivity index (χ1) is 14.9. The predicted molar refractivity (Wildman–Crippen MR) is 117 cm³/mol. The van der Waals surface area contributed by atoms with E-state index in [-0.39, 0.29) is 28.6 Å². The number of nitrogens with zero attached hydrogens (tertiary/aromatic N) is 1. The van der Waals surface area contributed by atoms with Gasteiger partial charge >= 0.3 is 11.9 Å². The third-order valence-corrected chi connectivity index (χ3v) is 5.59. The van der Waals surface area contributed by atoms with E-state index in [9.17, 15) is 14.4 Å². The summed E-state index contributed by atoms with van der Waals surface area (Å²) in [6, 6.07) is 12.1. The van der Waals surface area contributed by atoms with Gasteiger partial charge in [0.15, 0.2) is 0 Å². The molecule has 0 saturated carbocycles. The number of esters is 2. The van der Waals surface area contributed by atoms with Gasteiger partial charge in [-0.25, -0.2) is 9.59 Å². The number of carbonyl (C=O) groups is 3. The molecule has 3 rings (SSSR count). The number of piperidine rings is 1. The molecule has 0 bridgehead atoms. The van der Waals surface area contributed by atoms with Crippen molar-refractivity contribution in [2.45, 2.75) is 19.4 Å². The third kappa shape index (κ3) is 5.83. The number of amides is 1. The fraction of sp³-hybridized carbons (Fsp3) is 0.348. The zero-order valence-corrected chi connectivity index (χ0v) is 18.3. The van der Waals surface area contributed by atoms with Crippen LogP contribution in [0.1, 0.15) is 39.1 Å². The van der Waals surface area contributed by atoms with Gasteiger partial charge in [0, 0.05) is 17.5 Å². The van der Waals surface area contributed by atoms with Crippen LogP contribution in [0.4, 0.5) is 5.69 Å². The van der Waals surface area contributed by atoms with Crippen molar-refractivity contribution >= 4 is 35.1 Å². The molecule has 0 unspecified atom stereocenters. The van der Waals surface area contributed by atoms with Crippen molar-refractivity contribution in [2.75, 3.05) is 32.6 Å². The standard InChI is InChI=1S/C23H25ClN2O5/c1-30-22(28)17-6-7-19(23(29)31-2)20(13-17)25-21(27)16-8-10-26(11-9-16)14-15-4-3-5-18(24)12-15/h3-7,12-13,16H,8-11,14H2,1-2H3,(H,25,27). The summed E-state index contributed by atoms with van der Waals surface area (Å²) in [6.45, 7) is 2.33. The highest BCUT2D eigenvalue weighted by Crippen LogP contribution is 2.24. The molecule has 0 aromatic heterocycles. The molecule has 2 aromatic rings. The van der Waals surface area contributed by atoms with Crippen molar-refractivity contribution in [3.05, 3.63) is 64.2 Å². The van der Waals surface area contributed by atoms with Gasteiger partial charge in [-0.15, -0.1) is 0 Å². The number of anilines is 1. The van der Waals surface area contributed by atoms with Crippen molar-refractivity contribution in [3.8, 4) is 0 Å². The lowest BCUT2D eigenvalue weighted by Crippen LogP contribution is -2.38. The minimum atomic E-state index is -0.594. The molecule has 0 spiro atoms. The average Bonchev–Trinajstić information content (AvgIpc) is 2.78. The number of halogens is 1. The number of methoxy groups -OCH3 is 2. The first-order valence-corrected chi connectivity index (χ1v) is 10.4. The molecule has 1 amide bonds. The highest BCUT2D eigenvalue weighted by Gasteiger charge is 2.26. The summed E-state index contributed by atoms with van der Waals surface area (Å²) in [6.07, 6.45) is 1.38. The zero-order valence-electron chi connectivity index (χ0n) is 17.5. The molecule has 0 aliphatic carbocycles. The maximum atomic E-state index is 12.9. The molecule has 164 valence electrons.